The van der Waals surface area contributed by atoms with Gasteiger partial charge in [-0.1, -0.05) is 6.07 Å². The second kappa shape index (κ2) is 5.14. The van der Waals surface area contributed by atoms with E-state index in [0.717, 1.165) is 5.56 Å². The SMILES string of the molecule is Cc1ccc(F)cc1Oc1ccc(C(C)O)cn1. The van der Waals surface area contributed by atoms with E-state index < -0.39 is 6.10 Å². The normalized spacial score (nSPS) is 12.2. The van der Waals surface area contributed by atoms with Crippen molar-refractivity contribution in [1.82, 2.24) is 4.98 Å². The maximum atomic E-state index is 13.1. The molecule has 2 aromatic rings. The second-order valence-corrected chi connectivity index (χ2v) is 4.12. The Bertz CT molecular complexity index is 538. The van der Waals surface area contributed by atoms with Crippen molar-refractivity contribution in [2.45, 2.75) is 20.0 Å². The van der Waals surface area contributed by atoms with E-state index in [-0.39, 0.29) is 5.82 Å². The molecule has 0 saturated heterocycles. The molecule has 0 aliphatic heterocycles. The van der Waals surface area contributed by atoms with Gasteiger partial charge < -0.3 is 9.84 Å². The fourth-order valence-electron chi connectivity index (χ4n) is 1.50. The number of aliphatic hydroxyl groups is 1. The van der Waals surface area contributed by atoms with Crippen LogP contribution in [0.25, 0.3) is 0 Å². The van der Waals surface area contributed by atoms with Crippen LogP contribution in [0.4, 0.5) is 4.39 Å². The number of benzene rings is 1. The summed E-state index contributed by atoms with van der Waals surface area (Å²) in [6, 6.07) is 7.72. The summed E-state index contributed by atoms with van der Waals surface area (Å²) in [5, 5.41) is 9.35. The Labute approximate surface area is 105 Å². The molecule has 94 valence electrons. The lowest BCUT2D eigenvalue weighted by atomic mass is 10.2. The van der Waals surface area contributed by atoms with Gasteiger partial charge in [0.05, 0.1) is 6.10 Å². The maximum Gasteiger partial charge on any atom is 0.219 e. The highest BCUT2D eigenvalue weighted by atomic mass is 19.1. The quantitative estimate of drug-likeness (QED) is 0.904. The average molecular weight is 247 g/mol. The lowest BCUT2D eigenvalue weighted by Gasteiger charge is -2.09. The summed E-state index contributed by atoms with van der Waals surface area (Å²) in [5.41, 5.74) is 1.54. The van der Waals surface area contributed by atoms with Crippen LogP contribution < -0.4 is 4.74 Å². The van der Waals surface area contributed by atoms with Gasteiger partial charge in [-0.2, -0.15) is 0 Å². The molecule has 0 amide bonds. The lowest BCUT2D eigenvalue weighted by molar-refractivity contribution is 0.198. The summed E-state index contributed by atoms with van der Waals surface area (Å²) >= 11 is 0. The van der Waals surface area contributed by atoms with Crippen molar-refractivity contribution in [3.05, 3.63) is 53.5 Å². The first-order valence-corrected chi connectivity index (χ1v) is 5.64. The Morgan fingerprint density at radius 3 is 2.67 bits per heavy atom. The molecule has 1 heterocycles. The van der Waals surface area contributed by atoms with Crippen LogP contribution in [-0.4, -0.2) is 10.1 Å². The molecule has 1 aromatic carbocycles. The van der Waals surface area contributed by atoms with Gasteiger partial charge >= 0.3 is 0 Å². The third-order valence-electron chi connectivity index (χ3n) is 2.61. The van der Waals surface area contributed by atoms with Gasteiger partial charge in [-0.3, -0.25) is 0 Å². The van der Waals surface area contributed by atoms with Gasteiger partial charge in [0.2, 0.25) is 5.88 Å². The highest BCUT2D eigenvalue weighted by molar-refractivity contribution is 5.35. The molecule has 0 bridgehead atoms. The number of hydrogen-bond donors (Lipinski definition) is 1. The molecule has 0 spiro atoms. The molecule has 0 fully saturated rings. The number of nitrogens with zero attached hydrogens (tertiary/aromatic N) is 1. The van der Waals surface area contributed by atoms with E-state index in [1.165, 1.54) is 18.3 Å². The van der Waals surface area contributed by atoms with Gasteiger partial charge in [0.1, 0.15) is 11.6 Å². The summed E-state index contributed by atoms with van der Waals surface area (Å²) < 4.78 is 18.6. The highest BCUT2D eigenvalue weighted by Crippen LogP contribution is 2.25. The smallest absolute Gasteiger partial charge is 0.219 e. The van der Waals surface area contributed by atoms with Crippen molar-refractivity contribution >= 4 is 0 Å². The lowest BCUT2D eigenvalue weighted by Crippen LogP contribution is -1.95. The molecule has 1 unspecified atom stereocenters. The van der Waals surface area contributed by atoms with E-state index in [1.54, 1.807) is 25.1 Å². The van der Waals surface area contributed by atoms with Gasteiger partial charge in [0, 0.05) is 18.3 Å². The van der Waals surface area contributed by atoms with Gasteiger partial charge in [-0.25, -0.2) is 9.37 Å². The average Bonchev–Trinajstić information content (AvgIpc) is 2.34. The number of rotatable bonds is 3. The third-order valence-corrected chi connectivity index (χ3v) is 2.61. The molecular weight excluding hydrogens is 233 g/mol. The minimum Gasteiger partial charge on any atom is -0.439 e. The molecule has 4 heteroatoms. The Balaban J connectivity index is 2.21. The van der Waals surface area contributed by atoms with Crippen LogP contribution in [0.5, 0.6) is 11.6 Å². The van der Waals surface area contributed by atoms with Crippen LogP contribution in [0.15, 0.2) is 36.5 Å². The topological polar surface area (TPSA) is 42.4 Å². The van der Waals surface area contributed by atoms with Crippen molar-refractivity contribution in [2.75, 3.05) is 0 Å². The molecule has 0 aliphatic carbocycles. The van der Waals surface area contributed by atoms with E-state index >= 15 is 0 Å². The predicted molar refractivity (Wildman–Crippen MR) is 66.1 cm³/mol. The zero-order valence-electron chi connectivity index (χ0n) is 10.2. The minimum atomic E-state index is -0.567. The molecule has 2 rings (SSSR count). The van der Waals surface area contributed by atoms with Gasteiger partial charge in [0.25, 0.3) is 0 Å². The first kappa shape index (κ1) is 12.5. The van der Waals surface area contributed by atoms with E-state index in [1.807, 2.05) is 6.92 Å². The molecule has 3 nitrogen and oxygen atoms in total. The standard InChI is InChI=1S/C14H14FNO2/c1-9-3-5-12(15)7-13(9)18-14-6-4-11(8-16-14)10(2)17/h3-8,10,17H,1-2H3. The number of hydrogen-bond acceptors (Lipinski definition) is 3. The minimum absolute atomic E-state index is 0.351. The molecule has 1 N–H and O–H groups in total. The summed E-state index contributed by atoms with van der Waals surface area (Å²) in [6.07, 6.45) is 0.969. The molecular formula is C14H14FNO2. The van der Waals surface area contributed by atoms with Gasteiger partial charge in [-0.05, 0) is 37.1 Å². The van der Waals surface area contributed by atoms with Gasteiger partial charge in [0.15, 0.2) is 0 Å². The fraction of sp³-hybridized carbons (Fsp3) is 0.214. The van der Waals surface area contributed by atoms with Crippen LogP contribution in [0.1, 0.15) is 24.2 Å². The van der Waals surface area contributed by atoms with Crippen molar-refractivity contribution in [3.63, 3.8) is 0 Å². The van der Waals surface area contributed by atoms with Crippen molar-refractivity contribution in [3.8, 4) is 11.6 Å². The molecule has 18 heavy (non-hydrogen) atoms. The summed E-state index contributed by atoms with van der Waals surface area (Å²) in [4.78, 5) is 4.06. The van der Waals surface area contributed by atoms with Crippen LogP contribution in [0, 0.1) is 12.7 Å². The Kier molecular flexibility index (Phi) is 3.58. The number of halogens is 1. The second-order valence-electron chi connectivity index (χ2n) is 4.12. The number of pyridine rings is 1. The Morgan fingerprint density at radius 2 is 2.06 bits per heavy atom. The van der Waals surface area contributed by atoms with E-state index in [4.69, 9.17) is 4.74 Å². The number of aliphatic hydroxyl groups excluding tert-OH is 1. The van der Waals surface area contributed by atoms with Crippen LogP contribution >= 0.6 is 0 Å². The molecule has 0 aliphatic rings. The maximum absolute atomic E-state index is 13.1. The number of ether oxygens (including phenoxy) is 1. The first-order valence-electron chi connectivity index (χ1n) is 5.64. The van der Waals surface area contributed by atoms with Gasteiger partial charge in [-0.15, -0.1) is 0 Å². The van der Waals surface area contributed by atoms with Crippen LogP contribution in [0.2, 0.25) is 0 Å². The number of aromatic nitrogens is 1. The summed E-state index contributed by atoms with van der Waals surface area (Å²) in [6.45, 7) is 3.49. The molecule has 1 atom stereocenters. The van der Waals surface area contributed by atoms with E-state index in [2.05, 4.69) is 4.98 Å². The molecule has 1 aromatic heterocycles. The molecule has 0 radical (unpaired) electrons. The monoisotopic (exact) mass is 247 g/mol. The number of aryl methyl sites for hydroxylation is 1. The first-order chi connectivity index (χ1) is 8.56. The molecule has 0 saturated carbocycles. The van der Waals surface area contributed by atoms with Crippen molar-refractivity contribution < 1.29 is 14.2 Å². The zero-order valence-corrected chi connectivity index (χ0v) is 10.2. The Morgan fingerprint density at radius 1 is 1.28 bits per heavy atom. The zero-order chi connectivity index (χ0) is 13.1. The van der Waals surface area contributed by atoms with Crippen LogP contribution in [-0.2, 0) is 0 Å². The van der Waals surface area contributed by atoms with E-state index in [0.29, 0.717) is 17.2 Å². The largest absolute Gasteiger partial charge is 0.439 e. The fourth-order valence-corrected chi connectivity index (χ4v) is 1.50. The van der Waals surface area contributed by atoms with Crippen molar-refractivity contribution in [1.29, 1.82) is 0 Å². The van der Waals surface area contributed by atoms with Crippen molar-refractivity contribution in [2.24, 2.45) is 0 Å². The summed E-state index contributed by atoms with van der Waals surface area (Å²) in [7, 11) is 0. The van der Waals surface area contributed by atoms with Crippen LogP contribution in [0.3, 0.4) is 0 Å². The predicted octanol–water partition coefficient (Wildman–Crippen LogP) is 3.37. The Hall–Kier alpha value is -1.94. The highest BCUT2D eigenvalue weighted by Gasteiger charge is 2.06. The third kappa shape index (κ3) is 2.84. The van der Waals surface area contributed by atoms with E-state index in [9.17, 15) is 9.50 Å². The summed E-state index contributed by atoms with van der Waals surface area (Å²) in [5.74, 6) is 0.455.